The van der Waals surface area contributed by atoms with Crippen molar-refractivity contribution in [2.75, 3.05) is 7.11 Å². The summed E-state index contributed by atoms with van der Waals surface area (Å²) in [5.74, 6) is 2.19. The van der Waals surface area contributed by atoms with Crippen LogP contribution in [0.5, 0.6) is 11.5 Å². The van der Waals surface area contributed by atoms with Crippen LogP contribution in [0.1, 0.15) is 5.56 Å². The first kappa shape index (κ1) is 18.6. The molecular formula is C23H19N3O3. The van der Waals surface area contributed by atoms with Gasteiger partial charge in [-0.05, 0) is 42.0 Å². The topological polar surface area (TPSA) is 88.4 Å². The van der Waals surface area contributed by atoms with Gasteiger partial charge in [0.2, 0.25) is 0 Å². The molecule has 0 aliphatic carbocycles. The van der Waals surface area contributed by atoms with Crippen LogP contribution in [0.3, 0.4) is 0 Å². The van der Waals surface area contributed by atoms with Gasteiger partial charge in [-0.15, -0.1) is 0 Å². The van der Waals surface area contributed by atoms with Crippen molar-refractivity contribution in [2.24, 2.45) is 0 Å². The van der Waals surface area contributed by atoms with E-state index >= 15 is 0 Å². The van der Waals surface area contributed by atoms with E-state index in [0.717, 1.165) is 22.4 Å². The molecule has 0 aliphatic heterocycles. The standard InChI is InChI=1S/C23H19N3O3/c1-29-18-12-10-17(11-13-18)22-24-21(16-8-6-15(14-27)7-9-16)25-23(26-22)19-4-2-3-5-20(19)28/h2-13,27-28H,14H2,1H3. The third-order valence-corrected chi connectivity index (χ3v) is 4.52. The molecule has 0 saturated carbocycles. The molecule has 1 heterocycles. The molecule has 4 rings (SSSR count). The summed E-state index contributed by atoms with van der Waals surface area (Å²) in [6.45, 7) is -0.0300. The summed E-state index contributed by atoms with van der Waals surface area (Å²) in [6, 6.07) is 21.7. The van der Waals surface area contributed by atoms with E-state index in [0.29, 0.717) is 23.0 Å². The van der Waals surface area contributed by atoms with Gasteiger partial charge in [0.05, 0.1) is 19.3 Å². The van der Waals surface area contributed by atoms with Crippen molar-refractivity contribution in [2.45, 2.75) is 6.61 Å². The van der Waals surface area contributed by atoms with Gasteiger partial charge in [0, 0.05) is 11.1 Å². The smallest absolute Gasteiger partial charge is 0.167 e. The molecule has 0 unspecified atom stereocenters. The van der Waals surface area contributed by atoms with Crippen LogP contribution in [0.4, 0.5) is 0 Å². The maximum Gasteiger partial charge on any atom is 0.167 e. The predicted octanol–water partition coefficient (Wildman–Crippen LogP) is 4.08. The molecule has 0 bridgehead atoms. The molecule has 6 heteroatoms. The van der Waals surface area contributed by atoms with E-state index < -0.39 is 0 Å². The number of phenols is 1. The molecule has 144 valence electrons. The summed E-state index contributed by atoms with van der Waals surface area (Å²) in [5, 5.41) is 19.6. The Balaban J connectivity index is 1.87. The van der Waals surface area contributed by atoms with Crippen molar-refractivity contribution < 1.29 is 14.9 Å². The molecule has 0 fully saturated rings. The Bertz CT molecular complexity index is 1060. The minimum Gasteiger partial charge on any atom is -0.507 e. The number of para-hydroxylation sites is 1. The van der Waals surface area contributed by atoms with Gasteiger partial charge in [0.25, 0.3) is 0 Å². The van der Waals surface area contributed by atoms with Crippen molar-refractivity contribution in [3.63, 3.8) is 0 Å². The van der Waals surface area contributed by atoms with Crippen molar-refractivity contribution in [3.8, 4) is 45.7 Å². The Hall–Kier alpha value is -3.77. The Morgan fingerprint density at radius 1 is 0.724 bits per heavy atom. The normalized spacial score (nSPS) is 10.7. The molecule has 0 amide bonds. The molecule has 3 aromatic carbocycles. The zero-order valence-corrected chi connectivity index (χ0v) is 15.8. The van der Waals surface area contributed by atoms with Gasteiger partial charge in [0.1, 0.15) is 11.5 Å². The number of rotatable bonds is 5. The number of hydrogen-bond donors (Lipinski definition) is 2. The number of aliphatic hydroxyl groups is 1. The maximum absolute atomic E-state index is 10.3. The number of phenolic OH excluding ortho intramolecular Hbond substituents is 1. The number of benzene rings is 3. The fourth-order valence-corrected chi connectivity index (χ4v) is 2.92. The number of ether oxygens (including phenoxy) is 1. The Morgan fingerprint density at radius 2 is 1.28 bits per heavy atom. The Kier molecular flexibility index (Phi) is 5.18. The largest absolute Gasteiger partial charge is 0.507 e. The van der Waals surface area contributed by atoms with E-state index in [-0.39, 0.29) is 12.4 Å². The average Bonchev–Trinajstić information content (AvgIpc) is 2.79. The summed E-state index contributed by atoms with van der Waals surface area (Å²) in [5.41, 5.74) is 2.92. The highest BCUT2D eigenvalue weighted by Gasteiger charge is 2.14. The molecule has 29 heavy (non-hydrogen) atoms. The lowest BCUT2D eigenvalue weighted by Crippen LogP contribution is -2.00. The minimum atomic E-state index is -0.0300. The first-order valence-corrected chi connectivity index (χ1v) is 9.07. The van der Waals surface area contributed by atoms with E-state index in [1.54, 1.807) is 25.3 Å². The molecular weight excluding hydrogens is 366 g/mol. The summed E-state index contributed by atoms with van der Waals surface area (Å²) in [4.78, 5) is 13.8. The molecule has 6 nitrogen and oxygen atoms in total. The second kappa shape index (κ2) is 8.08. The maximum atomic E-state index is 10.3. The van der Waals surface area contributed by atoms with Gasteiger partial charge in [0.15, 0.2) is 17.5 Å². The van der Waals surface area contributed by atoms with Crippen LogP contribution in [0.25, 0.3) is 34.2 Å². The number of aromatic hydroxyl groups is 1. The molecule has 0 aliphatic rings. The van der Waals surface area contributed by atoms with Gasteiger partial charge < -0.3 is 14.9 Å². The number of aromatic nitrogens is 3. The summed E-state index contributed by atoms with van der Waals surface area (Å²) in [7, 11) is 1.61. The number of methoxy groups -OCH3 is 1. The van der Waals surface area contributed by atoms with Crippen LogP contribution in [-0.4, -0.2) is 32.3 Å². The molecule has 0 spiro atoms. The molecule has 4 aromatic rings. The van der Waals surface area contributed by atoms with Gasteiger partial charge in [-0.1, -0.05) is 36.4 Å². The number of nitrogens with zero attached hydrogens (tertiary/aromatic N) is 3. The minimum absolute atomic E-state index is 0.0300. The SMILES string of the molecule is COc1ccc(-c2nc(-c3ccc(CO)cc3)nc(-c3ccccc3O)n2)cc1. The second-order valence-electron chi connectivity index (χ2n) is 6.41. The Labute approximate surface area is 168 Å². The highest BCUT2D eigenvalue weighted by atomic mass is 16.5. The first-order chi connectivity index (χ1) is 14.2. The van der Waals surface area contributed by atoms with E-state index in [2.05, 4.69) is 15.0 Å². The molecule has 0 radical (unpaired) electrons. The van der Waals surface area contributed by atoms with E-state index in [1.165, 1.54) is 0 Å². The third-order valence-electron chi connectivity index (χ3n) is 4.52. The van der Waals surface area contributed by atoms with E-state index in [4.69, 9.17) is 4.74 Å². The van der Waals surface area contributed by atoms with Crippen LogP contribution in [-0.2, 0) is 6.61 Å². The van der Waals surface area contributed by atoms with E-state index in [1.807, 2.05) is 54.6 Å². The molecule has 0 atom stereocenters. The van der Waals surface area contributed by atoms with Gasteiger partial charge >= 0.3 is 0 Å². The van der Waals surface area contributed by atoms with Crippen molar-refractivity contribution in [1.82, 2.24) is 15.0 Å². The fourth-order valence-electron chi connectivity index (χ4n) is 2.92. The Morgan fingerprint density at radius 3 is 1.83 bits per heavy atom. The third kappa shape index (κ3) is 3.93. The van der Waals surface area contributed by atoms with Gasteiger partial charge in [-0.25, -0.2) is 15.0 Å². The van der Waals surface area contributed by atoms with Crippen LogP contribution in [0, 0.1) is 0 Å². The highest BCUT2D eigenvalue weighted by molar-refractivity contribution is 5.69. The first-order valence-electron chi connectivity index (χ1n) is 9.07. The second-order valence-corrected chi connectivity index (χ2v) is 6.41. The van der Waals surface area contributed by atoms with Crippen molar-refractivity contribution in [3.05, 3.63) is 78.4 Å². The average molecular weight is 385 g/mol. The lowest BCUT2D eigenvalue weighted by atomic mass is 10.1. The van der Waals surface area contributed by atoms with Crippen molar-refractivity contribution >= 4 is 0 Å². The summed E-state index contributed by atoms with van der Waals surface area (Å²) < 4.78 is 5.22. The zero-order valence-electron chi connectivity index (χ0n) is 15.8. The zero-order chi connectivity index (χ0) is 20.2. The summed E-state index contributed by atoms with van der Waals surface area (Å²) >= 11 is 0. The lowest BCUT2D eigenvalue weighted by Gasteiger charge is -2.10. The molecule has 1 aromatic heterocycles. The highest BCUT2D eigenvalue weighted by Crippen LogP contribution is 2.30. The van der Waals surface area contributed by atoms with Crippen molar-refractivity contribution in [1.29, 1.82) is 0 Å². The van der Waals surface area contributed by atoms with Crippen LogP contribution >= 0.6 is 0 Å². The number of aliphatic hydroxyl groups excluding tert-OH is 1. The quantitative estimate of drug-likeness (QED) is 0.538. The molecule has 0 saturated heterocycles. The fraction of sp³-hybridized carbons (Fsp3) is 0.0870. The molecule has 2 N–H and O–H groups in total. The van der Waals surface area contributed by atoms with Gasteiger partial charge in [-0.2, -0.15) is 0 Å². The lowest BCUT2D eigenvalue weighted by molar-refractivity contribution is 0.282. The predicted molar refractivity (Wildman–Crippen MR) is 110 cm³/mol. The summed E-state index contributed by atoms with van der Waals surface area (Å²) in [6.07, 6.45) is 0. The van der Waals surface area contributed by atoms with E-state index in [9.17, 15) is 10.2 Å². The number of hydrogen-bond acceptors (Lipinski definition) is 6. The van der Waals surface area contributed by atoms with Crippen LogP contribution < -0.4 is 4.74 Å². The van der Waals surface area contributed by atoms with Crippen LogP contribution in [0.15, 0.2) is 72.8 Å². The monoisotopic (exact) mass is 385 g/mol. The van der Waals surface area contributed by atoms with Crippen LogP contribution in [0.2, 0.25) is 0 Å². The van der Waals surface area contributed by atoms with Gasteiger partial charge in [-0.3, -0.25) is 0 Å².